The first-order chi connectivity index (χ1) is 14.4. The summed E-state index contributed by atoms with van der Waals surface area (Å²) in [6.07, 6.45) is 5.36. The van der Waals surface area contributed by atoms with Gasteiger partial charge in [0.2, 0.25) is 11.7 Å². The highest BCUT2D eigenvalue weighted by atomic mass is 16.2. The molecule has 0 bridgehead atoms. The Morgan fingerprint density at radius 2 is 2.00 bits per heavy atom. The largest absolute Gasteiger partial charge is 0.330 e. The maximum absolute atomic E-state index is 12.7. The summed E-state index contributed by atoms with van der Waals surface area (Å²) in [4.78, 5) is 42.4. The van der Waals surface area contributed by atoms with Gasteiger partial charge in [0, 0.05) is 18.3 Å². The average Bonchev–Trinajstić information content (AvgIpc) is 2.74. The molecule has 2 aromatic rings. The molecule has 0 spiro atoms. The maximum atomic E-state index is 12.7. The van der Waals surface area contributed by atoms with E-state index in [4.69, 9.17) is 6.42 Å². The lowest BCUT2D eigenvalue weighted by atomic mass is 10.2. The van der Waals surface area contributed by atoms with E-state index in [1.807, 2.05) is 19.1 Å². The number of anilines is 2. The third-order valence-corrected chi connectivity index (χ3v) is 4.37. The smallest absolute Gasteiger partial charge is 0.290 e. The number of rotatable bonds is 5. The van der Waals surface area contributed by atoms with Gasteiger partial charge in [-0.2, -0.15) is 0 Å². The van der Waals surface area contributed by atoms with Crippen molar-refractivity contribution in [3.05, 3.63) is 59.7 Å². The highest BCUT2D eigenvalue weighted by Crippen LogP contribution is 2.15. The third kappa shape index (κ3) is 4.83. The summed E-state index contributed by atoms with van der Waals surface area (Å²) in [5, 5.41) is 3.98. The number of hydrazine groups is 1. The zero-order valence-electron chi connectivity index (χ0n) is 16.7. The van der Waals surface area contributed by atoms with Crippen molar-refractivity contribution in [2.45, 2.75) is 6.92 Å². The topological polar surface area (TPSA) is 94.1 Å². The minimum absolute atomic E-state index is 0.0141. The van der Waals surface area contributed by atoms with Gasteiger partial charge in [-0.15, -0.1) is 6.42 Å². The number of aryl methyl sites for hydroxylation is 1. The van der Waals surface area contributed by atoms with Gasteiger partial charge in [-0.25, -0.2) is 5.01 Å². The van der Waals surface area contributed by atoms with Crippen molar-refractivity contribution < 1.29 is 14.4 Å². The summed E-state index contributed by atoms with van der Waals surface area (Å²) >= 11 is 0. The van der Waals surface area contributed by atoms with Crippen LogP contribution in [0.15, 0.2) is 53.5 Å². The number of carbonyl (C=O) groups is 3. The summed E-state index contributed by atoms with van der Waals surface area (Å²) in [5.74, 6) is 1.30. The molecular weight excluding hydrogens is 382 g/mol. The lowest BCUT2D eigenvalue weighted by Crippen LogP contribution is -2.56. The molecule has 1 aliphatic heterocycles. The Labute approximate surface area is 174 Å². The normalized spacial score (nSPS) is 13.0. The zero-order valence-corrected chi connectivity index (χ0v) is 16.7. The van der Waals surface area contributed by atoms with Crippen LogP contribution in [0.2, 0.25) is 0 Å². The summed E-state index contributed by atoms with van der Waals surface area (Å²) in [6.45, 7) is 1.58. The maximum Gasteiger partial charge on any atom is 0.290 e. The fourth-order valence-electron chi connectivity index (χ4n) is 2.79. The van der Waals surface area contributed by atoms with Crippen LogP contribution in [0.3, 0.4) is 0 Å². The number of terminal acetylenes is 1. The number of amides is 3. The van der Waals surface area contributed by atoms with Crippen molar-refractivity contribution in [3.63, 3.8) is 0 Å². The SMILES string of the molecule is C#Cc1cccc(NC(=O)CN(C)C(=O)C2=NCC(=O)N(c3ccc(C)cc3)N2)c1. The van der Waals surface area contributed by atoms with Gasteiger partial charge in [0.05, 0.1) is 12.2 Å². The Kier molecular flexibility index (Phi) is 6.13. The van der Waals surface area contributed by atoms with Crippen LogP contribution in [0.4, 0.5) is 11.4 Å². The predicted molar refractivity (Wildman–Crippen MR) is 115 cm³/mol. The van der Waals surface area contributed by atoms with Gasteiger partial charge in [0.15, 0.2) is 0 Å². The molecule has 0 fully saturated rings. The Morgan fingerprint density at radius 1 is 1.27 bits per heavy atom. The molecule has 1 heterocycles. The van der Waals surface area contributed by atoms with E-state index in [0.717, 1.165) is 5.56 Å². The van der Waals surface area contributed by atoms with Gasteiger partial charge in [-0.3, -0.25) is 24.8 Å². The number of benzene rings is 2. The number of amidine groups is 1. The fraction of sp³-hybridized carbons (Fsp3) is 0.182. The summed E-state index contributed by atoms with van der Waals surface area (Å²) in [5.41, 5.74) is 5.57. The number of hydrogen-bond acceptors (Lipinski definition) is 5. The Balaban J connectivity index is 1.63. The van der Waals surface area contributed by atoms with Crippen LogP contribution in [0.5, 0.6) is 0 Å². The summed E-state index contributed by atoms with van der Waals surface area (Å²) in [7, 11) is 1.48. The summed E-state index contributed by atoms with van der Waals surface area (Å²) in [6, 6.07) is 14.1. The molecule has 152 valence electrons. The summed E-state index contributed by atoms with van der Waals surface area (Å²) < 4.78 is 0. The monoisotopic (exact) mass is 403 g/mol. The first-order valence-electron chi connectivity index (χ1n) is 9.20. The molecule has 0 aliphatic carbocycles. The molecule has 8 nitrogen and oxygen atoms in total. The van der Waals surface area contributed by atoms with Crippen LogP contribution >= 0.6 is 0 Å². The van der Waals surface area contributed by atoms with Crippen molar-refractivity contribution in [2.24, 2.45) is 4.99 Å². The van der Waals surface area contributed by atoms with Crippen molar-refractivity contribution in [2.75, 3.05) is 30.5 Å². The molecule has 3 amide bonds. The van der Waals surface area contributed by atoms with Crippen molar-refractivity contribution >= 4 is 34.9 Å². The molecule has 3 rings (SSSR count). The van der Waals surface area contributed by atoms with E-state index in [0.29, 0.717) is 16.9 Å². The fourth-order valence-corrected chi connectivity index (χ4v) is 2.79. The van der Waals surface area contributed by atoms with Gasteiger partial charge < -0.3 is 10.2 Å². The van der Waals surface area contributed by atoms with Crippen LogP contribution < -0.4 is 15.8 Å². The number of nitrogens with zero attached hydrogens (tertiary/aromatic N) is 3. The zero-order chi connectivity index (χ0) is 21.7. The highest BCUT2D eigenvalue weighted by Gasteiger charge is 2.28. The molecule has 0 aromatic heterocycles. The van der Waals surface area contributed by atoms with Crippen molar-refractivity contribution in [3.8, 4) is 12.3 Å². The van der Waals surface area contributed by atoms with Crippen molar-refractivity contribution in [1.29, 1.82) is 0 Å². The van der Waals surface area contributed by atoms with Gasteiger partial charge in [0.25, 0.3) is 11.8 Å². The molecule has 0 saturated heterocycles. The van der Waals surface area contributed by atoms with E-state index < -0.39 is 5.91 Å². The number of aliphatic imine (C=N–C) groups is 1. The second-order valence-corrected chi connectivity index (χ2v) is 6.78. The van der Waals surface area contributed by atoms with Crippen molar-refractivity contribution in [1.82, 2.24) is 10.3 Å². The lowest BCUT2D eigenvalue weighted by Gasteiger charge is -2.29. The lowest BCUT2D eigenvalue weighted by molar-refractivity contribution is -0.128. The molecule has 0 radical (unpaired) electrons. The van der Waals surface area contributed by atoms with E-state index in [2.05, 4.69) is 21.7 Å². The van der Waals surface area contributed by atoms with E-state index in [1.165, 1.54) is 17.0 Å². The molecule has 2 N–H and O–H groups in total. The Morgan fingerprint density at radius 3 is 2.70 bits per heavy atom. The quantitative estimate of drug-likeness (QED) is 0.737. The van der Waals surface area contributed by atoms with E-state index in [1.54, 1.807) is 36.4 Å². The van der Waals surface area contributed by atoms with E-state index >= 15 is 0 Å². The molecule has 0 unspecified atom stereocenters. The molecule has 2 aromatic carbocycles. The molecular formula is C22H21N5O3. The van der Waals surface area contributed by atoms with Gasteiger partial charge >= 0.3 is 0 Å². The minimum Gasteiger partial charge on any atom is -0.330 e. The predicted octanol–water partition coefficient (Wildman–Crippen LogP) is 1.32. The second kappa shape index (κ2) is 8.92. The van der Waals surface area contributed by atoms with Crippen LogP contribution in [-0.2, 0) is 14.4 Å². The van der Waals surface area contributed by atoms with Crippen LogP contribution in [0.25, 0.3) is 0 Å². The Hall–Kier alpha value is -4.12. The first kappa shape index (κ1) is 20.6. The van der Waals surface area contributed by atoms with E-state index in [9.17, 15) is 14.4 Å². The first-order valence-corrected chi connectivity index (χ1v) is 9.20. The molecule has 0 saturated carbocycles. The number of nitrogens with one attached hydrogen (secondary N) is 2. The van der Waals surface area contributed by atoms with Crippen LogP contribution in [0.1, 0.15) is 11.1 Å². The second-order valence-electron chi connectivity index (χ2n) is 6.78. The van der Waals surface area contributed by atoms with Crippen LogP contribution in [0, 0.1) is 19.3 Å². The molecule has 0 atom stereocenters. The number of carbonyl (C=O) groups excluding carboxylic acids is 3. The highest BCUT2D eigenvalue weighted by molar-refractivity contribution is 6.39. The standard InChI is InChI=1S/C22H21N5O3/c1-4-16-6-5-7-17(12-16)24-19(28)14-26(3)22(30)21-23-13-20(29)27(25-21)18-10-8-15(2)9-11-18/h1,5-12H,13-14H2,2-3H3,(H,23,25)(H,24,28). The molecule has 30 heavy (non-hydrogen) atoms. The average molecular weight is 403 g/mol. The van der Waals surface area contributed by atoms with Gasteiger partial charge in [-0.1, -0.05) is 29.7 Å². The Bertz CT molecular complexity index is 1050. The van der Waals surface area contributed by atoms with Crippen LogP contribution in [-0.4, -0.2) is 48.6 Å². The number of likely N-dealkylation sites (N-methyl/N-ethyl adjacent to an activating group) is 1. The van der Waals surface area contributed by atoms with Gasteiger partial charge in [-0.05, 0) is 37.3 Å². The van der Waals surface area contributed by atoms with E-state index in [-0.39, 0.29) is 30.7 Å². The molecule has 1 aliphatic rings. The molecule has 8 heteroatoms. The minimum atomic E-state index is -0.507. The van der Waals surface area contributed by atoms with Gasteiger partial charge in [0.1, 0.15) is 6.54 Å². The number of hydrogen-bond donors (Lipinski definition) is 2. The third-order valence-electron chi connectivity index (χ3n) is 4.37.